The lowest BCUT2D eigenvalue weighted by atomic mass is 10.1. The molecule has 3 N–H and O–H groups in total. The first-order valence-corrected chi connectivity index (χ1v) is 10.4. The fraction of sp³-hybridized carbons (Fsp3) is 0.429. The number of aliphatic hydroxyl groups is 1. The number of hydrogen-bond acceptors (Lipinski definition) is 8. The number of amides is 2. The molecule has 10 nitrogen and oxygen atoms in total. The minimum absolute atomic E-state index is 0.00758. The zero-order chi connectivity index (χ0) is 24.9. The molecule has 1 fully saturated rings. The fourth-order valence-electron chi connectivity index (χ4n) is 3.02. The number of alkyl halides is 3. The van der Waals surface area contributed by atoms with Crippen molar-refractivity contribution in [1.82, 2.24) is 19.9 Å². The van der Waals surface area contributed by atoms with E-state index in [-0.39, 0.29) is 29.0 Å². The lowest BCUT2D eigenvalue weighted by molar-refractivity contribution is -0.162. The number of anilines is 2. The Bertz CT molecular complexity index is 1080. The molecule has 0 spiro atoms. The van der Waals surface area contributed by atoms with Gasteiger partial charge in [0.05, 0.1) is 36.4 Å². The van der Waals surface area contributed by atoms with E-state index in [9.17, 15) is 33.1 Å². The van der Waals surface area contributed by atoms with Gasteiger partial charge in [0, 0.05) is 24.2 Å². The monoisotopic (exact) mass is 477 g/mol. The number of rotatable bonds is 9. The second-order valence-electron chi connectivity index (χ2n) is 7.87. The van der Waals surface area contributed by atoms with Crippen molar-refractivity contribution in [3.8, 4) is 17.3 Å². The van der Waals surface area contributed by atoms with Gasteiger partial charge in [-0.15, -0.1) is 0 Å². The molecular weight excluding hydrogens is 455 g/mol. The van der Waals surface area contributed by atoms with Gasteiger partial charge < -0.3 is 20.6 Å². The number of carbonyl (C=O) groups is 2. The maximum absolute atomic E-state index is 12.8. The molecule has 0 aliphatic heterocycles. The molecule has 0 saturated heterocycles. The second kappa shape index (κ2) is 10.4. The molecular formula is C21H22F3N7O3. The number of aliphatic hydroxyl groups excluding tert-OH is 1. The molecule has 1 saturated carbocycles. The summed E-state index contributed by atoms with van der Waals surface area (Å²) in [6, 6.07) is 3.31. The molecule has 180 valence electrons. The Kier molecular flexibility index (Phi) is 7.62. The van der Waals surface area contributed by atoms with Crippen LogP contribution in [0.25, 0.3) is 11.3 Å². The van der Waals surface area contributed by atoms with E-state index in [4.69, 9.17) is 0 Å². The van der Waals surface area contributed by atoms with E-state index < -0.39 is 37.8 Å². The summed E-state index contributed by atoms with van der Waals surface area (Å²) >= 11 is 0. The van der Waals surface area contributed by atoms with E-state index in [2.05, 4.69) is 25.6 Å². The van der Waals surface area contributed by atoms with Gasteiger partial charge in [0.2, 0.25) is 11.8 Å². The summed E-state index contributed by atoms with van der Waals surface area (Å²) in [6.45, 7) is -1.29. The molecule has 34 heavy (non-hydrogen) atoms. The van der Waals surface area contributed by atoms with E-state index in [0.717, 1.165) is 12.8 Å². The smallest absolute Gasteiger partial charge is 0.392 e. The van der Waals surface area contributed by atoms with E-state index in [1.165, 1.54) is 31.6 Å². The van der Waals surface area contributed by atoms with Crippen LogP contribution in [0.1, 0.15) is 25.5 Å². The number of hydrogen-bond donors (Lipinski definition) is 3. The summed E-state index contributed by atoms with van der Waals surface area (Å²) in [7, 11) is 0. The Morgan fingerprint density at radius 2 is 2.00 bits per heavy atom. The topological polar surface area (TPSA) is 144 Å². The number of halogens is 3. The maximum Gasteiger partial charge on any atom is 0.406 e. The van der Waals surface area contributed by atoms with E-state index in [1.54, 1.807) is 0 Å². The van der Waals surface area contributed by atoms with Crippen molar-refractivity contribution in [3.63, 3.8) is 0 Å². The Hall–Kier alpha value is -3.79. The second-order valence-corrected chi connectivity index (χ2v) is 7.87. The van der Waals surface area contributed by atoms with Gasteiger partial charge in [0.25, 0.3) is 0 Å². The van der Waals surface area contributed by atoms with Crippen LogP contribution in [0.2, 0.25) is 0 Å². The van der Waals surface area contributed by atoms with Crippen LogP contribution in [0.15, 0.2) is 24.7 Å². The van der Waals surface area contributed by atoms with Gasteiger partial charge in [-0.3, -0.25) is 14.6 Å². The van der Waals surface area contributed by atoms with Crippen molar-refractivity contribution in [2.24, 2.45) is 5.92 Å². The summed E-state index contributed by atoms with van der Waals surface area (Å²) in [5.41, 5.74) is 0.835. The predicted molar refractivity (Wildman–Crippen MR) is 114 cm³/mol. The first kappa shape index (κ1) is 24.8. The number of nitrogens with zero attached hydrogens (tertiary/aromatic N) is 5. The number of nitrogens with one attached hydrogen (secondary N) is 2. The highest BCUT2D eigenvalue weighted by Crippen LogP contribution is 2.30. The molecule has 2 heterocycles. The van der Waals surface area contributed by atoms with Gasteiger partial charge in [-0.1, -0.05) is 0 Å². The zero-order valence-electron chi connectivity index (χ0n) is 18.1. The molecule has 1 aliphatic rings. The van der Waals surface area contributed by atoms with Crippen LogP contribution >= 0.6 is 0 Å². The molecule has 1 unspecified atom stereocenters. The third-order valence-corrected chi connectivity index (χ3v) is 4.78. The van der Waals surface area contributed by atoms with Gasteiger partial charge >= 0.3 is 6.18 Å². The molecule has 2 aromatic rings. The Labute approximate surface area is 192 Å². The molecule has 1 aliphatic carbocycles. The molecule has 3 rings (SSSR count). The highest BCUT2D eigenvalue weighted by atomic mass is 19.4. The molecule has 2 aromatic heterocycles. The van der Waals surface area contributed by atoms with Crippen LogP contribution in [0.5, 0.6) is 0 Å². The van der Waals surface area contributed by atoms with Crippen molar-refractivity contribution in [3.05, 3.63) is 30.4 Å². The van der Waals surface area contributed by atoms with Gasteiger partial charge in [-0.05, 0) is 25.8 Å². The van der Waals surface area contributed by atoms with E-state index in [1.807, 2.05) is 6.07 Å². The number of pyridine rings is 1. The maximum atomic E-state index is 12.8. The molecule has 0 bridgehead atoms. The molecule has 2 amide bonds. The van der Waals surface area contributed by atoms with Crippen LogP contribution in [-0.4, -0.2) is 68.7 Å². The molecule has 0 aromatic carbocycles. The Balaban J connectivity index is 1.71. The van der Waals surface area contributed by atoms with Crippen LogP contribution in [0.4, 0.5) is 24.7 Å². The minimum Gasteiger partial charge on any atom is -0.392 e. The summed E-state index contributed by atoms with van der Waals surface area (Å²) in [6.07, 6.45) is 0.0401. The average Bonchev–Trinajstić information content (AvgIpc) is 3.61. The van der Waals surface area contributed by atoms with Crippen molar-refractivity contribution in [1.29, 1.82) is 5.26 Å². The average molecular weight is 477 g/mol. The van der Waals surface area contributed by atoms with Crippen LogP contribution in [0, 0.1) is 17.2 Å². The number of nitriles is 1. The third-order valence-electron chi connectivity index (χ3n) is 4.78. The molecule has 13 heteroatoms. The SMILES string of the molecule is CC(O)CN(CC(F)(F)F)C(=O)CNc1cc(-c2cnc(NC(=O)C3CC3)cn2)cnc1C#N. The van der Waals surface area contributed by atoms with Crippen LogP contribution in [-0.2, 0) is 9.59 Å². The largest absolute Gasteiger partial charge is 0.406 e. The quantitative estimate of drug-likeness (QED) is 0.497. The highest BCUT2D eigenvalue weighted by molar-refractivity contribution is 5.93. The summed E-state index contributed by atoms with van der Waals surface area (Å²) in [5.74, 6) is -0.737. The van der Waals surface area contributed by atoms with Gasteiger partial charge in [0.1, 0.15) is 12.6 Å². The predicted octanol–water partition coefficient (Wildman–Crippen LogP) is 1.94. The first-order valence-electron chi connectivity index (χ1n) is 10.4. The standard InChI is InChI=1S/C21H22F3N7O3/c1-12(32)10-31(11-21(22,23)24)19(33)9-28-15-4-14(6-26-16(15)5-25)17-7-29-18(8-27-17)30-20(34)13-2-3-13/h4,6-8,12-13,28,32H,2-3,9-11H2,1H3,(H,29,30,34). The van der Waals surface area contributed by atoms with Crippen LogP contribution < -0.4 is 10.6 Å². The fourth-order valence-corrected chi connectivity index (χ4v) is 3.02. The zero-order valence-corrected chi connectivity index (χ0v) is 18.1. The highest BCUT2D eigenvalue weighted by Gasteiger charge is 2.33. The summed E-state index contributed by atoms with van der Waals surface area (Å²) in [5, 5.41) is 24.0. The molecule has 0 radical (unpaired) electrons. The van der Waals surface area contributed by atoms with E-state index in [0.29, 0.717) is 16.2 Å². The Morgan fingerprint density at radius 1 is 1.26 bits per heavy atom. The van der Waals surface area contributed by atoms with Gasteiger partial charge in [0.15, 0.2) is 11.5 Å². The van der Waals surface area contributed by atoms with Crippen molar-refractivity contribution < 1.29 is 27.9 Å². The lowest BCUT2D eigenvalue weighted by Gasteiger charge is -2.25. The number of aromatic nitrogens is 3. The number of carbonyl (C=O) groups excluding carboxylic acids is 2. The van der Waals surface area contributed by atoms with Crippen molar-refractivity contribution in [2.45, 2.75) is 32.0 Å². The normalized spacial score (nSPS) is 14.1. The summed E-state index contributed by atoms with van der Waals surface area (Å²) in [4.78, 5) is 37.0. The van der Waals surface area contributed by atoms with Gasteiger partial charge in [-0.2, -0.15) is 18.4 Å². The van der Waals surface area contributed by atoms with Gasteiger partial charge in [-0.25, -0.2) is 9.97 Å². The summed E-state index contributed by atoms with van der Waals surface area (Å²) < 4.78 is 38.4. The Morgan fingerprint density at radius 3 is 2.56 bits per heavy atom. The van der Waals surface area contributed by atoms with Crippen molar-refractivity contribution in [2.75, 3.05) is 30.3 Å². The van der Waals surface area contributed by atoms with Crippen molar-refractivity contribution >= 4 is 23.3 Å². The lowest BCUT2D eigenvalue weighted by Crippen LogP contribution is -2.45. The van der Waals surface area contributed by atoms with E-state index >= 15 is 0 Å². The minimum atomic E-state index is -4.63. The van der Waals surface area contributed by atoms with Crippen LogP contribution in [0.3, 0.4) is 0 Å². The first-order chi connectivity index (χ1) is 16.1. The molecule has 1 atom stereocenters. The third kappa shape index (κ3) is 7.11.